The molecule has 1 N–H and O–H groups in total. The predicted octanol–water partition coefficient (Wildman–Crippen LogP) is 1.55. The lowest BCUT2D eigenvalue weighted by Crippen LogP contribution is -2.54. The summed E-state index contributed by atoms with van der Waals surface area (Å²) in [6, 6.07) is 0.445. The first-order valence-electron chi connectivity index (χ1n) is 7.74. The molecule has 0 bridgehead atoms. The summed E-state index contributed by atoms with van der Waals surface area (Å²) in [7, 11) is 0. The van der Waals surface area contributed by atoms with Gasteiger partial charge in [0.05, 0.1) is 5.92 Å². The molecule has 2 heterocycles. The zero-order valence-corrected chi connectivity index (χ0v) is 11.7. The number of nitrogens with zero attached hydrogens (tertiary/aromatic N) is 1. The standard InChI is InChI=1S/C15H24N2O2/c1-10-6-7-17(13-5-3-2-4-12(10)13)15(19)11-8-14(18)16-9-11/h10-13H,2-9H2,1H3,(H,16,18). The molecule has 3 rings (SSSR count). The summed E-state index contributed by atoms with van der Waals surface area (Å²) in [4.78, 5) is 26.1. The van der Waals surface area contributed by atoms with Gasteiger partial charge < -0.3 is 10.2 Å². The Morgan fingerprint density at radius 3 is 2.79 bits per heavy atom. The van der Waals surface area contributed by atoms with E-state index in [2.05, 4.69) is 17.1 Å². The van der Waals surface area contributed by atoms with Crippen molar-refractivity contribution in [2.24, 2.45) is 17.8 Å². The van der Waals surface area contributed by atoms with Crippen LogP contribution in [0.3, 0.4) is 0 Å². The van der Waals surface area contributed by atoms with Crippen LogP contribution in [0.5, 0.6) is 0 Å². The van der Waals surface area contributed by atoms with Crippen LogP contribution >= 0.6 is 0 Å². The molecule has 3 aliphatic rings. The average molecular weight is 264 g/mol. The van der Waals surface area contributed by atoms with Crippen LogP contribution in [0.15, 0.2) is 0 Å². The Bertz CT molecular complexity index is 382. The van der Waals surface area contributed by atoms with Gasteiger partial charge >= 0.3 is 0 Å². The van der Waals surface area contributed by atoms with Crippen molar-refractivity contribution < 1.29 is 9.59 Å². The monoisotopic (exact) mass is 264 g/mol. The number of carbonyl (C=O) groups excluding carboxylic acids is 2. The van der Waals surface area contributed by atoms with Gasteiger partial charge in [0.15, 0.2) is 0 Å². The fraction of sp³-hybridized carbons (Fsp3) is 0.867. The van der Waals surface area contributed by atoms with Gasteiger partial charge in [0, 0.05) is 25.6 Å². The summed E-state index contributed by atoms with van der Waals surface area (Å²) < 4.78 is 0. The van der Waals surface area contributed by atoms with Crippen molar-refractivity contribution in [3.8, 4) is 0 Å². The van der Waals surface area contributed by atoms with E-state index in [1.165, 1.54) is 19.3 Å². The maximum Gasteiger partial charge on any atom is 0.228 e. The number of nitrogens with one attached hydrogen (secondary N) is 1. The van der Waals surface area contributed by atoms with Crippen molar-refractivity contribution >= 4 is 11.8 Å². The average Bonchev–Trinajstić information content (AvgIpc) is 2.86. The smallest absolute Gasteiger partial charge is 0.228 e. The predicted molar refractivity (Wildman–Crippen MR) is 72.4 cm³/mol. The van der Waals surface area contributed by atoms with E-state index in [-0.39, 0.29) is 17.7 Å². The minimum Gasteiger partial charge on any atom is -0.355 e. The summed E-state index contributed by atoms with van der Waals surface area (Å²) in [5.74, 6) is 1.59. The Labute approximate surface area is 114 Å². The molecule has 4 atom stereocenters. The second-order valence-corrected chi connectivity index (χ2v) is 6.52. The number of rotatable bonds is 1. The van der Waals surface area contributed by atoms with E-state index < -0.39 is 0 Å². The Balaban J connectivity index is 1.72. The summed E-state index contributed by atoms with van der Waals surface area (Å²) in [5, 5.41) is 2.78. The van der Waals surface area contributed by atoms with Gasteiger partial charge in [-0.1, -0.05) is 19.8 Å². The fourth-order valence-corrected chi connectivity index (χ4v) is 4.20. The van der Waals surface area contributed by atoms with E-state index in [0.717, 1.165) is 25.3 Å². The number of piperidine rings is 1. The molecule has 1 aliphatic carbocycles. The van der Waals surface area contributed by atoms with Gasteiger partial charge in [-0.05, 0) is 31.1 Å². The lowest BCUT2D eigenvalue weighted by molar-refractivity contribution is -0.143. The van der Waals surface area contributed by atoms with E-state index in [9.17, 15) is 9.59 Å². The van der Waals surface area contributed by atoms with Crippen LogP contribution in [0.1, 0.15) is 45.4 Å². The maximum atomic E-state index is 12.6. The molecule has 0 aromatic heterocycles. The van der Waals surface area contributed by atoms with E-state index in [1.54, 1.807) is 0 Å². The van der Waals surface area contributed by atoms with Crippen molar-refractivity contribution in [3.63, 3.8) is 0 Å². The van der Waals surface area contributed by atoms with Crippen molar-refractivity contribution in [1.29, 1.82) is 0 Å². The summed E-state index contributed by atoms with van der Waals surface area (Å²) in [6.07, 6.45) is 6.52. The van der Waals surface area contributed by atoms with Crippen LogP contribution in [0.4, 0.5) is 0 Å². The highest BCUT2D eigenvalue weighted by Crippen LogP contribution is 2.39. The quantitative estimate of drug-likeness (QED) is 0.781. The van der Waals surface area contributed by atoms with Crippen LogP contribution in [0, 0.1) is 17.8 Å². The summed E-state index contributed by atoms with van der Waals surface area (Å²) >= 11 is 0. The number of hydrogen-bond acceptors (Lipinski definition) is 2. The van der Waals surface area contributed by atoms with Crippen LogP contribution in [0.25, 0.3) is 0 Å². The Kier molecular flexibility index (Phi) is 3.50. The van der Waals surface area contributed by atoms with Gasteiger partial charge in [-0.25, -0.2) is 0 Å². The minimum absolute atomic E-state index is 0.0314. The first kappa shape index (κ1) is 12.9. The van der Waals surface area contributed by atoms with Crippen LogP contribution in [-0.4, -0.2) is 35.8 Å². The molecule has 3 fully saturated rings. The highest BCUT2D eigenvalue weighted by atomic mass is 16.2. The summed E-state index contributed by atoms with van der Waals surface area (Å²) in [6.45, 7) is 3.78. The molecule has 0 spiro atoms. The molecule has 2 saturated heterocycles. The normalized spacial score (nSPS) is 38.8. The molecular formula is C15H24N2O2. The van der Waals surface area contributed by atoms with Crippen LogP contribution in [0.2, 0.25) is 0 Å². The van der Waals surface area contributed by atoms with Gasteiger partial charge in [-0.3, -0.25) is 9.59 Å². The number of fused-ring (bicyclic) bond motifs is 1. The lowest BCUT2D eigenvalue weighted by atomic mass is 9.72. The van der Waals surface area contributed by atoms with Gasteiger partial charge in [0.25, 0.3) is 0 Å². The molecule has 0 aromatic rings. The second-order valence-electron chi connectivity index (χ2n) is 6.52. The van der Waals surface area contributed by atoms with E-state index in [1.807, 2.05) is 0 Å². The maximum absolute atomic E-state index is 12.6. The molecule has 4 unspecified atom stereocenters. The first-order valence-corrected chi connectivity index (χ1v) is 7.74. The number of amides is 2. The molecule has 19 heavy (non-hydrogen) atoms. The summed E-state index contributed by atoms with van der Waals surface area (Å²) in [5.41, 5.74) is 0. The lowest BCUT2D eigenvalue weighted by Gasteiger charge is -2.48. The highest BCUT2D eigenvalue weighted by Gasteiger charge is 2.42. The third kappa shape index (κ3) is 2.37. The number of carbonyl (C=O) groups is 2. The second kappa shape index (κ2) is 5.14. The zero-order valence-electron chi connectivity index (χ0n) is 11.7. The topological polar surface area (TPSA) is 49.4 Å². The van der Waals surface area contributed by atoms with Crippen molar-refractivity contribution in [1.82, 2.24) is 10.2 Å². The zero-order chi connectivity index (χ0) is 13.4. The van der Waals surface area contributed by atoms with Gasteiger partial charge in [-0.15, -0.1) is 0 Å². The third-order valence-corrected chi connectivity index (χ3v) is 5.35. The van der Waals surface area contributed by atoms with Gasteiger partial charge in [-0.2, -0.15) is 0 Å². The van der Waals surface area contributed by atoms with Crippen LogP contribution < -0.4 is 5.32 Å². The first-order chi connectivity index (χ1) is 9.16. The molecule has 0 radical (unpaired) electrons. The van der Waals surface area contributed by atoms with E-state index >= 15 is 0 Å². The van der Waals surface area contributed by atoms with E-state index in [0.29, 0.717) is 24.9 Å². The number of likely N-dealkylation sites (tertiary alicyclic amines) is 1. The van der Waals surface area contributed by atoms with Gasteiger partial charge in [0.1, 0.15) is 0 Å². The molecule has 2 amide bonds. The molecular weight excluding hydrogens is 240 g/mol. The molecule has 0 aromatic carbocycles. The minimum atomic E-state index is -0.108. The van der Waals surface area contributed by atoms with Crippen LogP contribution in [-0.2, 0) is 9.59 Å². The fourth-order valence-electron chi connectivity index (χ4n) is 4.20. The number of hydrogen-bond donors (Lipinski definition) is 1. The molecule has 4 heteroatoms. The van der Waals surface area contributed by atoms with E-state index in [4.69, 9.17) is 0 Å². The van der Waals surface area contributed by atoms with Crippen molar-refractivity contribution in [2.45, 2.75) is 51.5 Å². The van der Waals surface area contributed by atoms with Crippen molar-refractivity contribution in [2.75, 3.05) is 13.1 Å². The third-order valence-electron chi connectivity index (χ3n) is 5.35. The molecule has 4 nitrogen and oxygen atoms in total. The van der Waals surface area contributed by atoms with Crippen molar-refractivity contribution in [3.05, 3.63) is 0 Å². The largest absolute Gasteiger partial charge is 0.355 e. The van der Waals surface area contributed by atoms with Gasteiger partial charge in [0.2, 0.25) is 11.8 Å². The highest BCUT2D eigenvalue weighted by molar-refractivity contribution is 5.89. The molecule has 2 aliphatic heterocycles. The Morgan fingerprint density at radius 2 is 2.05 bits per heavy atom. The Hall–Kier alpha value is -1.06. The molecule has 1 saturated carbocycles. The SMILES string of the molecule is CC1CCN(C(=O)C2CNC(=O)C2)C2CCCCC12. The molecule has 106 valence electrons. The Morgan fingerprint density at radius 1 is 1.26 bits per heavy atom.